The average Bonchev–Trinajstić information content (AvgIpc) is 3.58. The zero-order chi connectivity index (χ0) is 33.0. The molecule has 3 heterocycles. The van der Waals surface area contributed by atoms with Crippen LogP contribution in [0.25, 0.3) is 84.1 Å². The molecular weight excluding hydrogens is 613 g/mol. The molecule has 0 radical (unpaired) electrons. The van der Waals surface area contributed by atoms with Crippen molar-refractivity contribution in [3.05, 3.63) is 169 Å². The van der Waals surface area contributed by atoms with E-state index in [4.69, 9.17) is 19.4 Å². The molecular formula is C45H28N4O. The summed E-state index contributed by atoms with van der Waals surface area (Å²) in [4.78, 5) is 17.0. The summed E-state index contributed by atoms with van der Waals surface area (Å²) in [6.07, 6.45) is 4.33. The van der Waals surface area contributed by atoms with E-state index in [0.717, 1.165) is 61.1 Å². The van der Waals surface area contributed by atoms with Crippen LogP contribution in [-0.2, 0) is 0 Å². The maximum Gasteiger partial charge on any atom is 0.164 e. The van der Waals surface area contributed by atoms with Crippen LogP contribution in [0, 0.1) is 0 Å². The van der Waals surface area contributed by atoms with Crippen molar-refractivity contribution in [1.29, 1.82) is 0 Å². The van der Waals surface area contributed by atoms with E-state index in [9.17, 15) is 0 Å². The Labute approximate surface area is 288 Å². The van der Waals surface area contributed by atoms with Gasteiger partial charge in [0.25, 0.3) is 0 Å². The van der Waals surface area contributed by atoms with Gasteiger partial charge in [-0.25, -0.2) is 15.0 Å². The molecule has 0 saturated carbocycles. The molecule has 9 aromatic rings. The van der Waals surface area contributed by atoms with E-state index in [2.05, 4.69) is 108 Å². The molecule has 0 saturated heterocycles. The molecule has 1 aliphatic rings. The van der Waals surface area contributed by atoms with Gasteiger partial charge in [0.15, 0.2) is 23.1 Å². The average molecular weight is 641 g/mol. The van der Waals surface area contributed by atoms with E-state index in [1.165, 1.54) is 16.3 Å². The summed E-state index contributed by atoms with van der Waals surface area (Å²) in [5, 5.41) is 4.56. The third kappa shape index (κ3) is 4.60. The first kappa shape index (κ1) is 28.2. The van der Waals surface area contributed by atoms with Crippen LogP contribution in [0.3, 0.4) is 0 Å². The molecule has 5 heteroatoms. The molecule has 0 amide bonds. The van der Waals surface area contributed by atoms with Crippen LogP contribution in [0.15, 0.2) is 168 Å². The minimum absolute atomic E-state index is 0.631. The Kier molecular flexibility index (Phi) is 6.42. The van der Waals surface area contributed by atoms with Gasteiger partial charge in [-0.3, -0.25) is 0 Å². The van der Waals surface area contributed by atoms with E-state index in [0.29, 0.717) is 17.5 Å². The molecule has 0 atom stereocenters. The lowest BCUT2D eigenvalue weighted by Gasteiger charge is -2.26. The minimum atomic E-state index is 0.631. The lowest BCUT2D eigenvalue weighted by atomic mass is 9.94. The van der Waals surface area contributed by atoms with Crippen molar-refractivity contribution in [2.45, 2.75) is 0 Å². The van der Waals surface area contributed by atoms with E-state index in [1.54, 1.807) is 0 Å². The molecule has 2 aromatic heterocycles. The molecule has 0 unspecified atom stereocenters. The number of furan rings is 1. The van der Waals surface area contributed by atoms with Crippen LogP contribution < -0.4 is 4.90 Å². The van der Waals surface area contributed by atoms with Crippen molar-refractivity contribution < 1.29 is 4.42 Å². The molecule has 7 aromatic carbocycles. The Morgan fingerprint density at radius 2 is 1.06 bits per heavy atom. The van der Waals surface area contributed by atoms with Crippen LogP contribution in [0.4, 0.5) is 11.4 Å². The number of para-hydroxylation sites is 1. The van der Waals surface area contributed by atoms with Gasteiger partial charge in [-0.05, 0) is 52.4 Å². The third-order valence-electron chi connectivity index (χ3n) is 9.46. The number of fused-ring (bicyclic) bond motifs is 4. The normalized spacial score (nSPS) is 12.3. The van der Waals surface area contributed by atoms with Gasteiger partial charge in [-0.15, -0.1) is 0 Å². The molecule has 0 bridgehead atoms. The molecule has 0 fully saturated rings. The summed E-state index contributed by atoms with van der Waals surface area (Å²) in [6.45, 7) is 0. The Hall–Kier alpha value is -6.85. The van der Waals surface area contributed by atoms with Crippen LogP contribution >= 0.6 is 0 Å². The Balaban J connectivity index is 1.12. The smallest absolute Gasteiger partial charge is 0.164 e. The number of hydrogen-bond acceptors (Lipinski definition) is 5. The lowest BCUT2D eigenvalue weighted by molar-refractivity contribution is 0.669. The van der Waals surface area contributed by atoms with Crippen LogP contribution in [-0.4, -0.2) is 15.0 Å². The summed E-state index contributed by atoms with van der Waals surface area (Å²) in [6, 6.07) is 54.2. The number of hydrogen-bond donors (Lipinski definition) is 0. The van der Waals surface area contributed by atoms with E-state index in [1.807, 2.05) is 66.7 Å². The number of benzene rings is 7. The van der Waals surface area contributed by atoms with Crippen molar-refractivity contribution in [3.8, 4) is 45.3 Å². The zero-order valence-electron chi connectivity index (χ0n) is 26.9. The van der Waals surface area contributed by atoms with E-state index in [-0.39, 0.29) is 0 Å². The Bertz CT molecular complexity index is 2680. The molecule has 0 aliphatic carbocycles. The largest absolute Gasteiger partial charge is 0.454 e. The van der Waals surface area contributed by atoms with Gasteiger partial charge in [-0.2, -0.15) is 0 Å². The van der Waals surface area contributed by atoms with Gasteiger partial charge in [-0.1, -0.05) is 133 Å². The summed E-state index contributed by atoms with van der Waals surface area (Å²) < 4.78 is 6.79. The summed E-state index contributed by atoms with van der Waals surface area (Å²) in [5.74, 6) is 1.92. The van der Waals surface area contributed by atoms with Crippen molar-refractivity contribution in [2.24, 2.45) is 0 Å². The predicted octanol–water partition coefficient (Wildman–Crippen LogP) is 11.7. The van der Waals surface area contributed by atoms with Crippen molar-refractivity contribution in [2.75, 3.05) is 4.90 Å². The molecule has 0 spiro atoms. The molecule has 234 valence electrons. The molecule has 0 N–H and O–H groups in total. The monoisotopic (exact) mass is 640 g/mol. The lowest BCUT2D eigenvalue weighted by Crippen LogP contribution is -2.12. The molecule has 10 rings (SSSR count). The molecule has 5 nitrogen and oxygen atoms in total. The topological polar surface area (TPSA) is 55.1 Å². The summed E-state index contributed by atoms with van der Waals surface area (Å²) >= 11 is 0. The predicted molar refractivity (Wildman–Crippen MR) is 204 cm³/mol. The Morgan fingerprint density at radius 1 is 0.480 bits per heavy atom. The first-order valence-electron chi connectivity index (χ1n) is 16.7. The number of anilines is 2. The highest BCUT2D eigenvalue weighted by Crippen LogP contribution is 2.48. The highest BCUT2D eigenvalue weighted by atomic mass is 16.3. The van der Waals surface area contributed by atoms with Gasteiger partial charge in [0, 0.05) is 44.7 Å². The van der Waals surface area contributed by atoms with Crippen LogP contribution in [0.2, 0.25) is 0 Å². The van der Waals surface area contributed by atoms with Crippen molar-refractivity contribution in [1.82, 2.24) is 15.0 Å². The van der Waals surface area contributed by atoms with E-state index < -0.39 is 0 Å². The quantitative estimate of drug-likeness (QED) is 0.187. The first-order chi connectivity index (χ1) is 24.8. The zero-order valence-corrected chi connectivity index (χ0v) is 26.9. The maximum atomic E-state index is 6.79. The highest BCUT2D eigenvalue weighted by molar-refractivity contribution is 6.23. The van der Waals surface area contributed by atoms with Gasteiger partial charge in [0.2, 0.25) is 0 Å². The highest BCUT2D eigenvalue weighted by Gasteiger charge is 2.25. The molecule has 1 aliphatic heterocycles. The fraction of sp³-hybridized carbons (Fsp3) is 0. The second-order valence-electron chi connectivity index (χ2n) is 12.5. The second kappa shape index (κ2) is 11.4. The third-order valence-corrected chi connectivity index (χ3v) is 9.46. The first-order valence-corrected chi connectivity index (χ1v) is 16.7. The van der Waals surface area contributed by atoms with Gasteiger partial charge < -0.3 is 9.32 Å². The summed E-state index contributed by atoms with van der Waals surface area (Å²) in [7, 11) is 0. The fourth-order valence-corrected chi connectivity index (χ4v) is 7.12. The van der Waals surface area contributed by atoms with Gasteiger partial charge in [0.1, 0.15) is 5.58 Å². The fourth-order valence-electron chi connectivity index (χ4n) is 7.12. The summed E-state index contributed by atoms with van der Waals surface area (Å²) in [5.41, 5.74) is 10.1. The van der Waals surface area contributed by atoms with E-state index >= 15 is 0 Å². The SMILES string of the molecule is C1=CN(c2ccccc2)c2c3oc4cccc(-c5ccc(-c6nc(-c7ccccc7)nc(-c7ccccc7)n6)cc5)c4c3cc3cccc1c23. The number of aromatic nitrogens is 3. The second-order valence-corrected chi connectivity index (χ2v) is 12.5. The van der Waals surface area contributed by atoms with Gasteiger partial charge in [0.05, 0.1) is 5.69 Å². The van der Waals surface area contributed by atoms with Crippen LogP contribution in [0.5, 0.6) is 0 Å². The van der Waals surface area contributed by atoms with Crippen molar-refractivity contribution >= 4 is 50.2 Å². The van der Waals surface area contributed by atoms with Gasteiger partial charge >= 0.3 is 0 Å². The Morgan fingerprint density at radius 3 is 1.72 bits per heavy atom. The van der Waals surface area contributed by atoms with Crippen LogP contribution in [0.1, 0.15) is 5.56 Å². The number of nitrogens with zero attached hydrogens (tertiary/aromatic N) is 4. The maximum absolute atomic E-state index is 6.79. The standard InChI is InChI=1S/C45H28N4O/c1-4-12-31(13-5-1)43-46-44(32-14-6-2-7-15-32)48-45(47-43)33-24-22-29(23-25-33)36-20-11-21-38-40(36)37-28-34-17-10-16-30-26-27-49(35-18-8-3-9-19-35)41(39(30)34)42(37)50-38/h1-28H. The van der Waals surface area contributed by atoms with Crippen molar-refractivity contribution in [3.63, 3.8) is 0 Å². The molecule has 50 heavy (non-hydrogen) atoms. The minimum Gasteiger partial charge on any atom is -0.454 e. The number of rotatable bonds is 5.